The molecule has 0 atom stereocenters. The Hall–Kier alpha value is -1.68. The Balaban J connectivity index is 2.19. The van der Waals surface area contributed by atoms with Crippen molar-refractivity contribution >= 4 is 0 Å². The molecular weight excluding hydrogens is 176 g/mol. The summed E-state index contributed by atoms with van der Waals surface area (Å²) < 4.78 is 1.95. The molecule has 0 spiro atoms. The van der Waals surface area contributed by atoms with Crippen LogP contribution in [0.1, 0.15) is 11.4 Å². The van der Waals surface area contributed by atoms with Crippen molar-refractivity contribution in [1.29, 1.82) is 0 Å². The molecule has 0 bridgehead atoms. The zero-order chi connectivity index (χ0) is 9.80. The Morgan fingerprint density at radius 3 is 2.71 bits per heavy atom. The van der Waals surface area contributed by atoms with Gasteiger partial charge in [-0.2, -0.15) is 0 Å². The molecule has 4 heteroatoms. The number of hydrogen-bond acceptors (Lipinski definition) is 3. The van der Waals surface area contributed by atoms with Gasteiger partial charge in [0.15, 0.2) is 0 Å². The van der Waals surface area contributed by atoms with E-state index < -0.39 is 0 Å². The van der Waals surface area contributed by atoms with Crippen molar-refractivity contribution in [1.82, 2.24) is 14.8 Å². The van der Waals surface area contributed by atoms with Gasteiger partial charge in [-0.25, -0.2) is 0 Å². The first-order chi connectivity index (χ1) is 6.90. The van der Waals surface area contributed by atoms with E-state index >= 15 is 0 Å². The normalized spacial score (nSPS) is 10.4. The summed E-state index contributed by atoms with van der Waals surface area (Å²) >= 11 is 0. The van der Waals surface area contributed by atoms with Gasteiger partial charge < -0.3 is 10.3 Å². The van der Waals surface area contributed by atoms with Crippen molar-refractivity contribution in [2.75, 3.05) is 0 Å². The van der Waals surface area contributed by atoms with Gasteiger partial charge in [-0.3, -0.25) is 0 Å². The summed E-state index contributed by atoms with van der Waals surface area (Å²) in [6, 6.07) is 10.2. The highest BCUT2D eigenvalue weighted by Gasteiger charge is 2.01. The first-order valence-corrected chi connectivity index (χ1v) is 4.51. The van der Waals surface area contributed by atoms with Gasteiger partial charge in [-0.1, -0.05) is 30.3 Å². The number of rotatable bonds is 3. The van der Waals surface area contributed by atoms with Crippen molar-refractivity contribution in [3.63, 3.8) is 0 Å². The topological polar surface area (TPSA) is 56.7 Å². The van der Waals surface area contributed by atoms with Gasteiger partial charge in [0, 0.05) is 0 Å². The third-order valence-corrected chi connectivity index (χ3v) is 2.07. The number of nitrogens with zero attached hydrogens (tertiary/aromatic N) is 3. The second-order valence-corrected chi connectivity index (χ2v) is 3.06. The number of aromatic nitrogens is 3. The Morgan fingerprint density at radius 2 is 2.00 bits per heavy atom. The molecule has 1 aromatic heterocycles. The molecule has 2 aromatic rings. The molecule has 0 aliphatic heterocycles. The van der Waals surface area contributed by atoms with Gasteiger partial charge in [0.25, 0.3) is 0 Å². The summed E-state index contributed by atoms with van der Waals surface area (Å²) in [5.41, 5.74) is 6.75. The number of hydrogen-bond donors (Lipinski definition) is 1. The van der Waals surface area contributed by atoms with Gasteiger partial charge >= 0.3 is 0 Å². The van der Waals surface area contributed by atoms with Crippen LogP contribution in [0, 0.1) is 0 Å². The fourth-order valence-corrected chi connectivity index (χ4v) is 1.35. The van der Waals surface area contributed by atoms with Crippen LogP contribution in [0.15, 0.2) is 36.7 Å². The van der Waals surface area contributed by atoms with E-state index in [-0.39, 0.29) is 0 Å². The Bertz CT molecular complexity index is 394. The Kier molecular flexibility index (Phi) is 2.55. The summed E-state index contributed by atoms with van der Waals surface area (Å²) in [5, 5.41) is 7.74. The summed E-state index contributed by atoms with van der Waals surface area (Å²) in [5.74, 6) is 0.814. The first-order valence-electron chi connectivity index (χ1n) is 4.51. The molecule has 0 radical (unpaired) electrons. The molecule has 0 saturated heterocycles. The molecule has 2 rings (SSSR count). The van der Waals surface area contributed by atoms with Crippen LogP contribution in [0.4, 0.5) is 0 Å². The lowest BCUT2D eigenvalue weighted by molar-refractivity contribution is 0.724. The minimum atomic E-state index is 0.423. The van der Waals surface area contributed by atoms with E-state index in [1.54, 1.807) is 6.33 Å². The maximum absolute atomic E-state index is 5.53. The summed E-state index contributed by atoms with van der Waals surface area (Å²) in [4.78, 5) is 0. The van der Waals surface area contributed by atoms with Crippen LogP contribution in [0.3, 0.4) is 0 Å². The molecule has 1 heterocycles. The van der Waals surface area contributed by atoms with Crippen LogP contribution in [0.25, 0.3) is 0 Å². The number of nitrogens with two attached hydrogens (primary N) is 1. The lowest BCUT2D eigenvalue weighted by atomic mass is 10.2. The van der Waals surface area contributed by atoms with Gasteiger partial charge in [-0.15, -0.1) is 10.2 Å². The largest absolute Gasteiger partial charge is 0.324 e. The van der Waals surface area contributed by atoms with E-state index in [0.717, 1.165) is 12.4 Å². The molecule has 0 aliphatic rings. The fraction of sp³-hybridized carbons (Fsp3) is 0.200. The Morgan fingerprint density at radius 1 is 1.21 bits per heavy atom. The Labute approximate surface area is 82.4 Å². The van der Waals surface area contributed by atoms with Gasteiger partial charge in [0.05, 0.1) is 13.1 Å². The zero-order valence-corrected chi connectivity index (χ0v) is 7.80. The highest BCUT2D eigenvalue weighted by Crippen LogP contribution is 2.03. The third-order valence-electron chi connectivity index (χ3n) is 2.07. The molecule has 72 valence electrons. The molecule has 2 N–H and O–H groups in total. The van der Waals surface area contributed by atoms with Crippen molar-refractivity contribution in [2.24, 2.45) is 5.73 Å². The van der Waals surface area contributed by atoms with Crippen LogP contribution in [-0.4, -0.2) is 14.8 Å². The third kappa shape index (κ3) is 1.80. The van der Waals surface area contributed by atoms with Crippen LogP contribution < -0.4 is 5.73 Å². The van der Waals surface area contributed by atoms with Gasteiger partial charge in [0.2, 0.25) is 0 Å². The molecule has 0 unspecified atom stereocenters. The highest BCUT2D eigenvalue weighted by molar-refractivity contribution is 5.15. The van der Waals surface area contributed by atoms with Crippen LogP contribution >= 0.6 is 0 Å². The van der Waals surface area contributed by atoms with E-state index in [1.807, 2.05) is 22.8 Å². The molecule has 1 aromatic carbocycles. The second-order valence-electron chi connectivity index (χ2n) is 3.06. The molecule has 14 heavy (non-hydrogen) atoms. The van der Waals surface area contributed by atoms with Crippen molar-refractivity contribution in [2.45, 2.75) is 13.1 Å². The SMILES string of the molecule is NCc1nncn1Cc1ccccc1. The predicted octanol–water partition coefficient (Wildman–Crippen LogP) is 0.785. The highest BCUT2D eigenvalue weighted by atomic mass is 15.3. The second kappa shape index (κ2) is 4.02. The fourth-order valence-electron chi connectivity index (χ4n) is 1.35. The predicted molar refractivity (Wildman–Crippen MR) is 53.5 cm³/mol. The minimum Gasteiger partial charge on any atom is -0.324 e. The van der Waals surface area contributed by atoms with Crippen LogP contribution in [-0.2, 0) is 13.1 Å². The lowest BCUT2D eigenvalue weighted by Crippen LogP contribution is -2.08. The average molecular weight is 188 g/mol. The summed E-state index contributed by atoms with van der Waals surface area (Å²) in [6.45, 7) is 1.20. The quantitative estimate of drug-likeness (QED) is 0.774. The monoisotopic (exact) mass is 188 g/mol. The van der Waals surface area contributed by atoms with Crippen LogP contribution in [0.2, 0.25) is 0 Å². The standard InChI is InChI=1S/C10H12N4/c11-6-10-13-12-8-14(10)7-9-4-2-1-3-5-9/h1-5,8H,6-7,11H2. The molecular formula is C10H12N4. The smallest absolute Gasteiger partial charge is 0.146 e. The first kappa shape index (κ1) is 8.90. The summed E-state index contributed by atoms with van der Waals surface area (Å²) in [6.07, 6.45) is 1.70. The maximum atomic E-state index is 5.53. The van der Waals surface area contributed by atoms with Crippen LogP contribution in [0.5, 0.6) is 0 Å². The molecule has 0 saturated carbocycles. The van der Waals surface area contributed by atoms with Crippen molar-refractivity contribution in [3.8, 4) is 0 Å². The molecule has 0 aliphatic carbocycles. The van der Waals surface area contributed by atoms with E-state index in [4.69, 9.17) is 5.73 Å². The van der Waals surface area contributed by atoms with Gasteiger partial charge in [-0.05, 0) is 5.56 Å². The van der Waals surface area contributed by atoms with E-state index in [1.165, 1.54) is 5.56 Å². The molecule has 4 nitrogen and oxygen atoms in total. The zero-order valence-electron chi connectivity index (χ0n) is 7.80. The maximum Gasteiger partial charge on any atom is 0.146 e. The lowest BCUT2D eigenvalue weighted by Gasteiger charge is -2.04. The van der Waals surface area contributed by atoms with E-state index in [2.05, 4.69) is 22.3 Å². The van der Waals surface area contributed by atoms with Gasteiger partial charge in [0.1, 0.15) is 12.2 Å². The number of benzene rings is 1. The molecule has 0 fully saturated rings. The van der Waals surface area contributed by atoms with E-state index in [9.17, 15) is 0 Å². The summed E-state index contributed by atoms with van der Waals surface area (Å²) in [7, 11) is 0. The molecule has 0 amide bonds. The minimum absolute atomic E-state index is 0.423. The van der Waals surface area contributed by atoms with E-state index in [0.29, 0.717) is 6.54 Å². The average Bonchev–Trinajstić information content (AvgIpc) is 2.67. The van der Waals surface area contributed by atoms with Crippen molar-refractivity contribution < 1.29 is 0 Å². The van der Waals surface area contributed by atoms with Crippen molar-refractivity contribution in [3.05, 3.63) is 48.0 Å².